The van der Waals surface area contributed by atoms with Gasteiger partial charge in [0.05, 0.1) is 12.8 Å². The van der Waals surface area contributed by atoms with E-state index in [0.29, 0.717) is 12.0 Å². The number of methoxy groups -OCH3 is 1. The first-order chi connectivity index (χ1) is 15.2. The number of hydrogen-bond donors (Lipinski definition) is 2. The number of ether oxygens (including phenoxy) is 1. The van der Waals surface area contributed by atoms with Gasteiger partial charge in [0.2, 0.25) is 0 Å². The van der Waals surface area contributed by atoms with Gasteiger partial charge in [0, 0.05) is 22.5 Å². The lowest BCUT2D eigenvalue weighted by molar-refractivity contribution is -0.253. The number of fused-ring (bicyclic) bond motifs is 3. The lowest BCUT2D eigenvalue weighted by Crippen LogP contribution is -2.53. The molecule has 6 nitrogen and oxygen atoms in total. The molecule has 2 aliphatic carbocycles. The van der Waals surface area contributed by atoms with Gasteiger partial charge in [0.15, 0.2) is 5.13 Å². The lowest BCUT2D eigenvalue weighted by Gasteiger charge is -2.41. The molecule has 1 heterocycles. The zero-order valence-corrected chi connectivity index (χ0v) is 20.3. The van der Waals surface area contributed by atoms with Gasteiger partial charge >= 0.3 is 0 Å². The van der Waals surface area contributed by atoms with E-state index in [1.54, 1.807) is 18.4 Å². The van der Waals surface area contributed by atoms with Crippen molar-refractivity contribution in [3.8, 4) is 17.0 Å². The lowest BCUT2D eigenvalue weighted by atomic mass is 9.72. The van der Waals surface area contributed by atoms with Gasteiger partial charge in [0.1, 0.15) is 11.8 Å². The summed E-state index contributed by atoms with van der Waals surface area (Å²) >= 11 is 1.78. The van der Waals surface area contributed by atoms with Crippen LogP contribution in [0.1, 0.15) is 63.3 Å². The van der Waals surface area contributed by atoms with Crippen molar-refractivity contribution in [3.63, 3.8) is 0 Å². The third-order valence-electron chi connectivity index (χ3n) is 6.89. The second kappa shape index (κ2) is 9.30. The summed E-state index contributed by atoms with van der Waals surface area (Å²) in [4.78, 5) is 17.6. The van der Waals surface area contributed by atoms with Gasteiger partial charge in [-0.15, -0.1) is 11.3 Å². The highest BCUT2D eigenvalue weighted by Gasteiger charge is 2.35. The average molecular weight is 457 g/mol. The zero-order chi connectivity index (χ0) is 22.9. The predicted octanol–water partition coefficient (Wildman–Crippen LogP) is 4.63. The van der Waals surface area contributed by atoms with Crippen LogP contribution in [0.5, 0.6) is 5.75 Å². The van der Waals surface area contributed by atoms with Crippen LogP contribution >= 0.6 is 11.3 Å². The normalized spacial score (nSPS) is 21.6. The van der Waals surface area contributed by atoms with Gasteiger partial charge in [-0.25, -0.2) is 4.98 Å². The van der Waals surface area contributed by atoms with Gasteiger partial charge in [0.25, 0.3) is 0 Å². The summed E-state index contributed by atoms with van der Waals surface area (Å²) in [6.07, 6.45) is 6.08. The summed E-state index contributed by atoms with van der Waals surface area (Å²) in [7, 11) is 1.71. The Bertz CT molecular complexity index is 958. The number of nitrogens with one attached hydrogen (secondary N) is 2. The summed E-state index contributed by atoms with van der Waals surface area (Å²) in [6.45, 7) is 6.27. The van der Waals surface area contributed by atoms with Gasteiger partial charge in [-0.2, -0.15) is 0 Å². The van der Waals surface area contributed by atoms with E-state index < -0.39 is 6.09 Å². The van der Waals surface area contributed by atoms with Crippen LogP contribution < -0.4 is 20.5 Å². The molecule has 0 spiro atoms. The van der Waals surface area contributed by atoms with Crippen molar-refractivity contribution < 1.29 is 14.6 Å². The minimum Gasteiger partial charge on any atom is -0.530 e. The fourth-order valence-electron chi connectivity index (χ4n) is 5.31. The first-order valence-corrected chi connectivity index (χ1v) is 12.5. The van der Waals surface area contributed by atoms with Crippen molar-refractivity contribution in [2.75, 3.05) is 12.4 Å². The third kappa shape index (κ3) is 5.03. The van der Waals surface area contributed by atoms with E-state index in [1.165, 1.54) is 16.0 Å². The third-order valence-corrected chi connectivity index (χ3v) is 7.94. The molecule has 174 valence electrons. The number of thiazole rings is 1. The zero-order valence-electron chi connectivity index (χ0n) is 19.5. The minimum absolute atomic E-state index is 0.0853. The number of rotatable bonds is 5. The Morgan fingerprint density at radius 3 is 2.62 bits per heavy atom. The van der Waals surface area contributed by atoms with E-state index >= 15 is 0 Å². The molecule has 4 rings (SSSR count). The van der Waals surface area contributed by atoms with Crippen molar-refractivity contribution in [2.45, 2.75) is 77.8 Å². The molecule has 7 heteroatoms. The van der Waals surface area contributed by atoms with Crippen molar-refractivity contribution in [1.82, 2.24) is 10.3 Å². The number of nitrogens with zero attached hydrogens (tertiary/aromatic N) is 1. The average Bonchev–Trinajstić information content (AvgIpc) is 3.06. The van der Waals surface area contributed by atoms with E-state index in [9.17, 15) is 9.90 Å². The number of anilines is 1. The van der Waals surface area contributed by atoms with Crippen molar-refractivity contribution in [3.05, 3.63) is 28.6 Å². The quantitative estimate of drug-likeness (QED) is 0.685. The Labute approximate surface area is 194 Å². The van der Waals surface area contributed by atoms with Gasteiger partial charge in [-0.1, -0.05) is 20.8 Å². The van der Waals surface area contributed by atoms with Gasteiger partial charge in [-0.3, -0.25) is 0 Å². The van der Waals surface area contributed by atoms with Crippen LogP contribution in [0, 0.1) is 11.3 Å². The Kier molecular flexibility index (Phi) is 6.65. The fraction of sp³-hybridized carbons (Fsp3) is 0.600. The Morgan fingerprint density at radius 2 is 1.97 bits per heavy atom. The molecule has 2 N–H and O–H groups in total. The van der Waals surface area contributed by atoms with Crippen LogP contribution in [-0.2, 0) is 12.8 Å². The highest BCUT2D eigenvalue weighted by Crippen LogP contribution is 2.40. The maximum absolute atomic E-state index is 11.2. The van der Waals surface area contributed by atoms with Crippen molar-refractivity contribution >= 4 is 22.6 Å². The Balaban J connectivity index is 1.43. The molecule has 2 aromatic rings. The maximum atomic E-state index is 11.2. The molecule has 0 bridgehead atoms. The Morgan fingerprint density at radius 1 is 1.22 bits per heavy atom. The Hall–Kier alpha value is -2.28. The van der Waals surface area contributed by atoms with E-state index in [4.69, 9.17) is 9.72 Å². The maximum Gasteiger partial charge on any atom is 0.183 e. The smallest absolute Gasteiger partial charge is 0.183 e. The monoisotopic (exact) mass is 456 g/mol. The number of hydrogen-bond acceptors (Lipinski definition) is 6. The molecule has 1 atom stereocenters. The molecule has 1 saturated carbocycles. The summed E-state index contributed by atoms with van der Waals surface area (Å²) in [5.74, 6) is 1.24. The van der Waals surface area contributed by atoms with Crippen LogP contribution in [0.25, 0.3) is 11.3 Å². The highest BCUT2D eigenvalue weighted by molar-refractivity contribution is 7.16. The molecule has 1 fully saturated rings. The van der Waals surface area contributed by atoms with Crippen LogP contribution in [0.15, 0.2) is 18.2 Å². The molecule has 0 radical (unpaired) electrons. The topological polar surface area (TPSA) is 86.3 Å². The molecule has 0 aliphatic heterocycles. The number of amides is 1. The fourth-order valence-corrected chi connectivity index (χ4v) is 6.40. The van der Waals surface area contributed by atoms with Crippen LogP contribution in [0.2, 0.25) is 0 Å². The molecule has 1 aromatic heterocycles. The second-order valence-corrected chi connectivity index (χ2v) is 11.3. The van der Waals surface area contributed by atoms with Crippen LogP contribution in [0.3, 0.4) is 0 Å². The summed E-state index contributed by atoms with van der Waals surface area (Å²) in [5, 5.41) is 18.6. The second-order valence-electron chi connectivity index (χ2n) is 10.2. The summed E-state index contributed by atoms with van der Waals surface area (Å²) < 4.78 is 5.41. The molecule has 1 amide bonds. The number of carbonyl (C=O) groups excluding carboxylic acids is 1. The van der Waals surface area contributed by atoms with E-state index in [2.05, 4.69) is 43.5 Å². The van der Waals surface area contributed by atoms with Crippen molar-refractivity contribution in [2.24, 2.45) is 11.3 Å². The number of aryl methyl sites for hydroxylation is 2. The first kappa shape index (κ1) is 22.9. The number of aromatic nitrogens is 1. The minimum atomic E-state index is -1.17. The number of benzene rings is 1. The highest BCUT2D eigenvalue weighted by atomic mass is 32.1. The van der Waals surface area contributed by atoms with Crippen LogP contribution in [-0.4, -0.2) is 30.3 Å². The summed E-state index contributed by atoms with van der Waals surface area (Å²) in [6, 6.07) is 6.60. The van der Waals surface area contributed by atoms with E-state index in [0.717, 1.165) is 61.5 Å². The van der Waals surface area contributed by atoms with E-state index in [-0.39, 0.29) is 11.5 Å². The summed E-state index contributed by atoms with van der Waals surface area (Å²) in [5.41, 5.74) is 3.53. The molecule has 32 heavy (non-hydrogen) atoms. The predicted molar refractivity (Wildman–Crippen MR) is 127 cm³/mol. The van der Waals surface area contributed by atoms with Gasteiger partial charge < -0.3 is 25.3 Å². The molecule has 0 saturated heterocycles. The SMILES string of the molecule is COc1ccc2c(c1)CCCc1sc(NC3CCC(C(NC(=O)[O-])C(C)(C)C)CC3)nc1-2. The standard InChI is InChI=1S/C25H35N3O3S/c1-25(2,3)22(28-24(29)30)15-8-10-17(11-9-15)26-23-27-21-19-13-12-18(31-4)14-16(19)6-5-7-20(21)32-23/h12-15,17,22,28H,5-11H2,1-4H3,(H,26,27)(H,29,30)/p-1. The molecular formula is C25H34N3O3S-. The van der Waals surface area contributed by atoms with Crippen molar-refractivity contribution in [1.29, 1.82) is 0 Å². The molecule has 1 unspecified atom stereocenters. The van der Waals surface area contributed by atoms with Crippen LogP contribution in [0.4, 0.5) is 9.93 Å². The number of carboxylic acid groups (broad SMARTS) is 1. The van der Waals surface area contributed by atoms with E-state index in [1.807, 2.05) is 6.07 Å². The number of carbonyl (C=O) groups is 1. The molecule has 1 aromatic carbocycles. The van der Waals surface area contributed by atoms with Gasteiger partial charge in [-0.05, 0) is 80.0 Å². The molecular weight excluding hydrogens is 422 g/mol. The molecule has 2 aliphatic rings. The largest absolute Gasteiger partial charge is 0.530 e. The first-order valence-electron chi connectivity index (χ1n) is 11.7.